The van der Waals surface area contributed by atoms with Crippen molar-refractivity contribution in [2.24, 2.45) is 10.2 Å². The highest BCUT2D eigenvalue weighted by atomic mass is 32.2. The fraction of sp³-hybridized carbons (Fsp3) is 0.0476. The predicted molar refractivity (Wildman–Crippen MR) is 123 cm³/mol. The number of nitrogens with one attached hydrogen (secondary N) is 1. The van der Waals surface area contributed by atoms with Crippen molar-refractivity contribution in [1.82, 2.24) is 0 Å². The number of anilines is 1. The number of rotatable bonds is 5. The van der Waals surface area contributed by atoms with Crippen LogP contribution in [0, 0.1) is 0 Å². The number of azo groups is 1. The Hall–Kier alpha value is -3.58. The molecule has 12 heteroatoms. The Kier molecular flexibility index (Phi) is 5.54. The zero-order valence-corrected chi connectivity index (χ0v) is 18.6. The summed E-state index contributed by atoms with van der Waals surface area (Å²) in [6.07, 6.45) is 0. The third kappa shape index (κ3) is 4.24. The van der Waals surface area contributed by atoms with Crippen LogP contribution in [0.4, 0.5) is 17.1 Å². The normalized spacial score (nSPS) is 12.6. The van der Waals surface area contributed by atoms with E-state index >= 15 is 0 Å². The van der Waals surface area contributed by atoms with Crippen molar-refractivity contribution in [2.45, 2.75) is 9.79 Å². The van der Waals surface area contributed by atoms with Crippen LogP contribution in [0.3, 0.4) is 0 Å². The molecule has 0 saturated carbocycles. The molecule has 4 aromatic rings. The first-order valence-electron chi connectivity index (χ1n) is 9.36. The molecule has 4 N–H and O–H groups in total. The molecule has 4 aromatic carbocycles. The van der Waals surface area contributed by atoms with Gasteiger partial charge in [-0.3, -0.25) is 9.11 Å². The molecule has 33 heavy (non-hydrogen) atoms. The summed E-state index contributed by atoms with van der Waals surface area (Å²) in [6, 6.07) is 15.5. The Morgan fingerprint density at radius 3 is 2.18 bits per heavy atom. The highest BCUT2D eigenvalue weighted by Gasteiger charge is 2.25. The minimum absolute atomic E-state index is 0.0177. The quantitative estimate of drug-likeness (QED) is 0.233. The van der Waals surface area contributed by atoms with Crippen LogP contribution in [0.25, 0.3) is 21.5 Å². The lowest BCUT2D eigenvalue weighted by atomic mass is 10.1. The maximum Gasteiger partial charge on any atom is 0.296 e. The van der Waals surface area contributed by atoms with E-state index in [1.807, 2.05) is 18.2 Å². The lowest BCUT2D eigenvalue weighted by molar-refractivity contribution is 0.472. The van der Waals surface area contributed by atoms with E-state index in [0.717, 1.165) is 29.0 Å². The van der Waals surface area contributed by atoms with E-state index in [4.69, 9.17) is 0 Å². The average Bonchev–Trinajstić information content (AvgIpc) is 2.76. The number of hydrogen-bond acceptors (Lipinski definition) is 8. The molecule has 0 aliphatic rings. The second-order valence-corrected chi connectivity index (χ2v) is 9.85. The summed E-state index contributed by atoms with van der Waals surface area (Å²) in [5.41, 5.74) is -0.0698. The van der Waals surface area contributed by atoms with Gasteiger partial charge in [0.05, 0.1) is 10.6 Å². The maximum absolute atomic E-state index is 12.1. The van der Waals surface area contributed by atoms with Crippen molar-refractivity contribution in [2.75, 3.05) is 12.4 Å². The molecule has 170 valence electrons. The molecule has 0 aliphatic heterocycles. The van der Waals surface area contributed by atoms with Gasteiger partial charge >= 0.3 is 0 Å². The first kappa shape index (κ1) is 22.6. The van der Waals surface area contributed by atoms with Crippen molar-refractivity contribution in [3.05, 3.63) is 60.7 Å². The highest BCUT2D eigenvalue weighted by molar-refractivity contribution is 7.86. The van der Waals surface area contributed by atoms with Crippen molar-refractivity contribution in [3.63, 3.8) is 0 Å². The monoisotopic (exact) mass is 487 g/mol. The van der Waals surface area contributed by atoms with E-state index < -0.39 is 41.5 Å². The van der Waals surface area contributed by atoms with Gasteiger partial charge in [0.2, 0.25) is 0 Å². The first-order valence-corrected chi connectivity index (χ1v) is 12.2. The molecule has 0 fully saturated rings. The molecule has 0 radical (unpaired) electrons. The van der Waals surface area contributed by atoms with Crippen LogP contribution in [0.1, 0.15) is 0 Å². The number of phenolic OH excluding ortho intramolecular Hbond substituents is 1. The third-order valence-corrected chi connectivity index (χ3v) is 6.69. The molecule has 0 atom stereocenters. The van der Waals surface area contributed by atoms with Crippen molar-refractivity contribution in [1.29, 1.82) is 0 Å². The van der Waals surface area contributed by atoms with Crippen LogP contribution in [-0.2, 0) is 20.2 Å². The Morgan fingerprint density at radius 1 is 0.818 bits per heavy atom. The standard InChI is InChI=1S/C21H17N3O7S2/c1-22-17-11-14(32(26,27)28)9-13-10-18(33(29,30)31)20(21(25)19(13)17)24-23-16-8-4-6-12-5-2-3-7-15(12)16/h2-11,22,25H,1H3,(H,26,27,28)(H,29,30,31). The Morgan fingerprint density at radius 2 is 1.52 bits per heavy atom. The summed E-state index contributed by atoms with van der Waals surface area (Å²) >= 11 is 0. The minimum Gasteiger partial charge on any atom is -0.505 e. The molecule has 0 bridgehead atoms. The fourth-order valence-corrected chi connectivity index (χ4v) is 4.70. The maximum atomic E-state index is 12.1. The molecule has 0 aliphatic carbocycles. The number of nitrogens with zero attached hydrogens (tertiary/aromatic N) is 2. The fourth-order valence-electron chi connectivity index (χ4n) is 3.50. The molecule has 10 nitrogen and oxygen atoms in total. The number of phenols is 1. The Bertz CT molecular complexity index is 1660. The lowest BCUT2D eigenvalue weighted by Gasteiger charge is -2.13. The van der Waals surface area contributed by atoms with Crippen molar-refractivity contribution >= 4 is 58.8 Å². The summed E-state index contributed by atoms with van der Waals surface area (Å²) in [4.78, 5) is -1.32. The van der Waals surface area contributed by atoms with Crippen LogP contribution in [-0.4, -0.2) is 38.1 Å². The van der Waals surface area contributed by atoms with Crippen molar-refractivity contribution in [3.8, 4) is 5.75 Å². The molecule has 0 spiro atoms. The number of benzene rings is 4. The number of aromatic hydroxyl groups is 1. The van der Waals surface area contributed by atoms with Crippen LogP contribution in [0.2, 0.25) is 0 Å². The van der Waals surface area contributed by atoms with Gasteiger partial charge < -0.3 is 10.4 Å². The van der Waals surface area contributed by atoms with Gasteiger partial charge in [0.1, 0.15) is 10.6 Å². The molecule has 4 rings (SSSR count). The van der Waals surface area contributed by atoms with Gasteiger partial charge in [0.15, 0.2) is 5.75 Å². The second-order valence-electron chi connectivity index (χ2n) is 7.04. The summed E-state index contributed by atoms with van der Waals surface area (Å²) < 4.78 is 66.5. The average molecular weight is 488 g/mol. The van der Waals surface area contributed by atoms with E-state index in [9.17, 15) is 31.0 Å². The van der Waals surface area contributed by atoms with E-state index in [1.165, 1.54) is 7.05 Å². The van der Waals surface area contributed by atoms with E-state index in [2.05, 4.69) is 15.5 Å². The van der Waals surface area contributed by atoms with Gasteiger partial charge in [-0.1, -0.05) is 36.4 Å². The van der Waals surface area contributed by atoms with Gasteiger partial charge in [-0.05, 0) is 35.0 Å². The van der Waals surface area contributed by atoms with Crippen LogP contribution in [0.15, 0.2) is 80.7 Å². The zero-order chi connectivity index (χ0) is 24.0. The summed E-state index contributed by atoms with van der Waals surface area (Å²) in [7, 11) is -8.11. The molecule has 0 unspecified atom stereocenters. The lowest BCUT2D eigenvalue weighted by Crippen LogP contribution is -2.03. The highest BCUT2D eigenvalue weighted by Crippen LogP contribution is 2.45. The SMILES string of the molecule is CNc1cc(S(=O)(=O)O)cc2cc(S(=O)(=O)O)c(N=Nc3cccc4ccccc34)c(O)c12. The number of fused-ring (bicyclic) bond motifs is 2. The molecule has 0 aromatic heterocycles. The Labute approximate surface area is 188 Å². The third-order valence-electron chi connectivity index (χ3n) is 4.99. The van der Waals surface area contributed by atoms with Crippen molar-refractivity contribution < 1.29 is 31.0 Å². The van der Waals surface area contributed by atoms with Crippen LogP contribution < -0.4 is 5.32 Å². The van der Waals surface area contributed by atoms with Crippen LogP contribution in [0.5, 0.6) is 5.75 Å². The smallest absolute Gasteiger partial charge is 0.296 e. The zero-order valence-electron chi connectivity index (χ0n) is 17.0. The second kappa shape index (κ2) is 8.08. The van der Waals surface area contributed by atoms with Crippen LogP contribution >= 0.6 is 0 Å². The van der Waals surface area contributed by atoms with E-state index in [1.54, 1.807) is 24.3 Å². The van der Waals surface area contributed by atoms with Gasteiger partial charge in [-0.15, -0.1) is 10.2 Å². The van der Waals surface area contributed by atoms with E-state index in [0.29, 0.717) is 5.69 Å². The summed E-state index contributed by atoms with van der Waals surface area (Å²) in [5.74, 6) is -0.657. The number of hydrogen-bond donors (Lipinski definition) is 4. The first-order chi connectivity index (χ1) is 15.5. The topological polar surface area (TPSA) is 166 Å². The largest absolute Gasteiger partial charge is 0.505 e. The molecular formula is C21H17N3O7S2. The van der Waals surface area contributed by atoms with Gasteiger partial charge in [0, 0.05) is 23.5 Å². The van der Waals surface area contributed by atoms with E-state index in [-0.39, 0.29) is 16.5 Å². The van der Waals surface area contributed by atoms with Gasteiger partial charge in [0.25, 0.3) is 20.2 Å². The molecule has 0 amide bonds. The molecule has 0 heterocycles. The summed E-state index contributed by atoms with van der Waals surface area (Å²) in [5, 5.41) is 23.1. The Balaban J connectivity index is 2.03. The molecule has 0 saturated heterocycles. The van der Waals surface area contributed by atoms with Gasteiger partial charge in [-0.2, -0.15) is 16.8 Å². The predicted octanol–water partition coefficient (Wildman–Crippen LogP) is 4.65. The summed E-state index contributed by atoms with van der Waals surface area (Å²) in [6.45, 7) is 0. The molecular weight excluding hydrogens is 470 g/mol. The minimum atomic E-state index is -4.91. The van der Waals surface area contributed by atoms with Gasteiger partial charge in [-0.25, -0.2) is 0 Å².